The van der Waals surface area contributed by atoms with Gasteiger partial charge in [-0.2, -0.15) is 0 Å². The smallest absolute Gasteiger partial charge is 0.0241 e. The number of piperazine rings is 1. The monoisotopic (exact) mass is 188 g/mol. The van der Waals surface area contributed by atoms with Crippen molar-refractivity contribution >= 4 is 12.8 Å². The van der Waals surface area contributed by atoms with Crippen LogP contribution in [-0.2, 0) is 0 Å². The molecule has 1 heterocycles. The van der Waals surface area contributed by atoms with Crippen LogP contribution in [0.2, 0.25) is 0 Å². The van der Waals surface area contributed by atoms with Gasteiger partial charge in [-0.05, 0) is 26.8 Å². The summed E-state index contributed by atoms with van der Waals surface area (Å²) in [6, 6.07) is 1.32. The van der Waals surface area contributed by atoms with Crippen LogP contribution in [0.4, 0.5) is 0 Å². The lowest BCUT2D eigenvalue weighted by Crippen LogP contribution is -2.54. The zero-order valence-corrected chi connectivity index (χ0v) is 9.22. The van der Waals surface area contributed by atoms with Crippen LogP contribution in [0.15, 0.2) is 0 Å². The lowest BCUT2D eigenvalue weighted by atomic mass is 10.1. The van der Waals surface area contributed by atoms with E-state index in [2.05, 4.69) is 42.8 Å². The summed E-state index contributed by atoms with van der Waals surface area (Å²) >= 11 is 4.40. The van der Waals surface area contributed by atoms with Gasteiger partial charge >= 0.3 is 0 Å². The fourth-order valence-corrected chi connectivity index (χ4v) is 2.50. The van der Waals surface area contributed by atoms with E-state index in [-0.39, 0.29) is 0 Å². The van der Waals surface area contributed by atoms with E-state index in [0.29, 0.717) is 12.1 Å². The number of hydrogen-bond acceptors (Lipinski definition) is 3. The zero-order valence-electron chi connectivity index (χ0n) is 8.32. The number of thiol groups is 1. The lowest BCUT2D eigenvalue weighted by molar-refractivity contribution is 0.0830. The molecule has 3 heteroatoms. The third-order valence-electron chi connectivity index (χ3n) is 2.56. The van der Waals surface area contributed by atoms with E-state index < -0.39 is 0 Å². The van der Waals surface area contributed by atoms with E-state index in [1.165, 1.54) is 13.0 Å². The Balaban J connectivity index is 2.48. The zero-order chi connectivity index (χ0) is 9.14. The molecule has 12 heavy (non-hydrogen) atoms. The molecular weight excluding hydrogens is 168 g/mol. The molecule has 2 unspecified atom stereocenters. The molecule has 1 fully saturated rings. The Bertz CT molecular complexity index is 128. The molecule has 1 rings (SSSR count). The van der Waals surface area contributed by atoms with E-state index in [4.69, 9.17) is 0 Å². The van der Waals surface area contributed by atoms with Crippen LogP contribution in [0, 0.1) is 0 Å². The van der Waals surface area contributed by atoms with Crippen molar-refractivity contribution in [2.45, 2.75) is 39.3 Å². The van der Waals surface area contributed by atoms with Gasteiger partial charge in [0, 0.05) is 25.2 Å². The first-order chi connectivity index (χ1) is 5.65. The maximum absolute atomic E-state index is 4.40. The molecular formula is C9H20N2S. The van der Waals surface area contributed by atoms with Crippen molar-refractivity contribution in [1.29, 1.82) is 0 Å². The van der Waals surface area contributed by atoms with Crippen LogP contribution < -0.4 is 0 Å². The predicted molar refractivity (Wildman–Crippen MR) is 56.5 cm³/mol. The summed E-state index contributed by atoms with van der Waals surface area (Å²) in [5.74, 6) is 0. The van der Waals surface area contributed by atoms with Crippen LogP contribution >= 0.6 is 12.8 Å². The molecule has 0 spiro atoms. The lowest BCUT2D eigenvalue weighted by Gasteiger charge is -2.42. The predicted octanol–water partition coefficient (Wildman–Crippen LogP) is 1.64. The second-order valence-corrected chi connectivity index (χ2v) is 4.37. The van der Waals surface area contributed by atoms with E-state index in [9.17, 15) is 0 Å². The largest absolute Gasteiger partial charge is 0.295 e. The van der Waals surface area contributed by atoms with Crippen LogP contribution in [0.3, 0.4) is 0 Å². The second kappa shape index (κ2) is 4.49. The van der Waals surface area contributed by atoms with E-state index in [0.717, 1.165) is 13.1 Å². The second-order valence-electron chi connectivity index (χ2n) is 3.81. The van der Waals surface area contributed by atoms with Crippen LogP contribution in [0.5, 0.6) is 0 Å². The standard InChI is InChI=1S/C9H20N2S/c1-4-5-11-8(2)6-10(12)7-9(11)3/h8-9,12H,4-7H2,1-3H3. The van der Waals surface area contributed by atoms with Gasteiger partial charge < -0.3 is 0 Å². The van der Waals surface area contributed by atoms with Crippen molar-refractivity contribution in [2.75, 3.05) is 19.6 Å². The van der Waals surface area contributed by atoms with Crippen molar-refractivity contribution in [1.82, 2.24) is 9.21 Å². The molecule has 0 bridgehead atoms. The summed E-state index contributed by atoms with van der Waals surface area (Å²) in [4.78, 5) is 2.58. The highest BCUT2D eigenvalue weighted by atomic mass is 32.1. The maximum Gasteiger partial charge on any atom is 0.0241 e. The summed E-state index contributed by atoms with van der Waals surface area (Å²) in [6.45, 7) is 10.2. The van der Waals surface area contributed by atoms with Gasteiger partial charge in [-0.3, -0.25) is 9.21 Å². The minimum atomic E-state index is 0.659. The molecule has 0 amide bonds. The highest BCUT2D eigenvalue weighted by molar-refractivity contribution is 7.77. The Morgan fingerprint density at radius 1 is 1.25 bits per heavy atom. The Morgan fingerprint density at radius 3 is 2.17 bits per heavy atom. The van der Waals surface area contributed by atoms with Gasteiger partial charge in [0.2, 0.25) is 0 Å². The molecule has 0 saturated carbocycles. The Kier molecular flexibility index (Phi) is 3.87. The van der Waals surface area contributed by atoms with Crippen molar-refractivity contribution in [3.63, 3.8) is 0 Å². The van der Waals surface area contributed by atoms with Gasteiger partial charge in [0.05, 0.1) is 0 Å². The molecule has 1 saturated heterocycles. The first kappa shape index (κ1) is 10.4. The summed E-state index contributed by atoms with van der Waals surface area (Å²) < 4.78 is 2.13. The molecule has 0 aromatic rings. The van der Waals surface area contributed by atoms with Crippen LogP contribution in [0.25, 0.3) is 0 Å². The molecule has 0 radical (unpaired) electrons. The van der Waals surface area contributed by atoms with E-state index in [1.54, 1.807) is 0 Å². The molecule has 0 aliphatic carbocycles. The molecule has 0 aromatic carbocycles. The van der Waals surface area contributed by atoms with E-state index >= 15 is 0 Å². The van der Waals surface area contributed by atoms with Gasteiger partial charge in [0.15, 0.2) is 0 Å². The van der Waals surface area contributed by atoms with Crippen molar-refractivity contribution in [2.24, 2.45) is 0 Å². The van der Waals surface area contributed by atoms with Crippen LogP contribution in [0.1, 0.15) is 27.2 Å². The van der Waals surface area contributed by atoms with Gasteiger partial charge in [-0.25, -0.2) is 0 Å². The normalized spacial score (nSPS) is 34.0. The highest BCUT2D eigenvalue weighted by Crippen LogP contribution is 2.16. The summed E-state index contributed by atoms with van der Waals surface area (Å²) in [5, 5.41) is 0. The van der Waals surface area contributed by atoms with Gasteiger partial charge in [-0.15, -0.1) is 0 Å². The first-order valence-corrected chi connectivity index (χ1v) is 5.24. The van der Waals surface area contributed by atoms with Crippen molar-refractivity contribution in [3.8, 4) is 0 Å². The molecule has 72 valence electrons. The topological polar surface area (TPSA) is 6.48 Å². The maximum atomic E-state index is 4.40. The molecule has 2 nitrogen and oxygen atoms in total. The van der Waals surface area contributed by atoms with Gasteiger partial charge in [-0.1, -0.05) is 19.7 Å². The highest BCUT2D eigenvalue weighted by Gasteiger charge is 2.26. The van der Waals surface area contributed by atoms with Crippen molar-refractivity contribution < 1.29 is 0 Å². The fraction of sp³-hybridized carbons (Fsp3) is 1.00. The first-order valence-electron chi connectivity index (χ1n) is 4.84. The Labute approximate surface area is 81.5 Å². The average molecular weight is 188 g/mol. The van der Waals surface area contributed by atoms with Gasteiger partial charge in [0.1, 0.15) is 0 Å². The fourth-order valence-electron chi connectivity index (χ4n) is 2.03. The number of rotatable bonds is 2. The minimum absolute atomic E-state index is 0.659. The Morgan fingerprint density at radius 2 is 1.75 bits per heavy atom. The quantitative estimate of drug-likeness (QED) is 0.658. The van der Waals surface area contributed by atoms with Gasteiger partial charge in [0.25, 0.3) is 0 Å². The van der Waals surface area contributed by atoms with Crippen molar-refractivity contribution in [3.05, 3.63) is 0 Å². The molecule has 1 aliphatic rings. The number of hydrogen-bond donors (Lipinski definition) is 1. The summed E-state index contributed by atoms with van der Waals surface area (Å²) in [7, 11) is 0. The molecule has 2 atom stereocenters. The SMILES string of the molecule is CCCN1C(C)CN(S)CC1C. The number of nitrogens with zero attached hydrogens (tertiary/aromatic N) is 2. The Hall–Kier alpha value is 0.270. The summed E-state index contributed by atoms with van der Waals surface area (Å²) in [5.41, 5.74) is 0. The third kappa shape index (κ3) is 2.38. The average Bonchev–Trinajstić information content (AvgIpc) is 1.96. The molecule has 0 N–H and O–H groups in total. The molecule has 1 aliphatic heterocycles. The van der Waals surface area contributed by atoms with E-state index in [1.807, 2.05) is 0 Å². The molecule has 0 aromatic heterocycles. The summed E-state index contributed by atoms with van der Waals surface area (Å²) in [6.07, 6.45) is 1.25. The van der Waals surface area contributed by atoms with Crippen LogP contribution in [-0.4, -0.2) is 40.9 Å². The minimum Gasteiger partial charge on any atom is -0.295 e. The third-order valence-corrected chi connectivity index (χ3v) is 2.89.